The molecule has 0 saturated carbocycles. The number of rotatable bonds is 5. The van der Waals surface area contributed by atoms with Crippen molar-refractivity contribution in [2.24, 2.45) is 0 Å². The van der Waals surface area contributed by atoms with Crippen LogP contribution in [-0.2, 0) is 13.0 Å². The zero-order valence-corrected chi connectivity index (χ0v) is 12.5. The van der Waals surface area contributed by atoms with Gasteiger partial charge in [0.2, 0.25) is 5.88 Å². The summed E-state index contributed by atoms with van der Waals surface area (Å²) < 4.78 is 7.27. The van der Waals surface area contributed by atoms with Crippen LogP contribution in [0.5, 0.6) is 5.88 Å². The average molecular weight is 309 g/mol. The summed E-state index contributed by atoms with van der Waals surface area (Å²) in [5.41, 5.74) is 3.50. The molecule has 0 saturated heterocycles. The first-order valence-electron chi connectivity index (χ1n) is 6.15. The topological polar surface area (TPSA) is 52.8 Å². The highest BCUT2D eigenvalue weighted by atomic mass is 35.5. The van der Waals surface area contributed by atoms with Crippen molar-refractivity contribution in [2.75, 3.05) is 13.0 Å². The van der Waals surface area contributed by atoms with Crippen LogP contribution in [-0.4, -0.2) is 32.5 Å². The standard InChI is InChI=1S/C13H13ClN4OS/c1-19-12-3-2-10-13(17-12)18(11(16-10)4-5-14)7-9-6-15-8-20-9/h2-3,6,8H,4-5,7H2,1H3. The molecule has 0 radical (unpaired) electrons. The van der Waals surface area contributed by atoms with Gasteiger partial charge in [0.05, 0.1) is 19.2 Å². The van der Waals surface area contributed by atoms with Gasteiger partial charge < -0.3 is 9.30 Å². The van der Waals surface area contributed by atoms with Gasteiger partial charge in [-0.25, -0.2) is 4.98 Å². The molecule has 3 heterocycles. The molecule has 0 aliphatic carbocycles. The van der Waals surface area contributed by atoms with Gasteiger partial charge in [0.1, 0.15) is 11.3 Å². The second-order valence-electron chi connectivity index (χ2n) is 4.22. The Morgan fingerprint density at radius 1 is 1.35 bits per heavy atom. The number of fused-ring (bicyclic) bond motifs is 1. The van der Waals surface area contributed by atoms with Gasteiger partial charge in [-0.15, -0.1) is 22.9 Å². The summed E-state index contributed by atoms with van der Waals surface area (Å²) in [6.07, 6.45) is 2.57. The molecule has 0 amide bonds. The molecule has 3 aromatic rings. The van der Waals surface area contributed by atoms with Crippen LogP contribution in [0.15, 0.2) is 23.8 Å². The lowest BCUT2D eigenvalue weighted by Crippen LogP contribution is -2.06. The molecule has 0 fully saturated rings. The highest BCUT2D eigenvalue weighted by Gasteiger charge is 2.13. The molecule has 104 valence electrons. The van der Waals surface area contributed by atoms with E-state index in [1.165, 1.54) is 0 Å². The summed E-state index contributed by atoms with van der Waals surface area (Å²) in [5, 5.41) is 0. The minimum Gasteiger partial charge on any atom is -0.481 e. The van der Waals surface area contributed by atoms with Gasteiger partial charge in [-0.3, -0.25) is 4.98 Å². The Kier molecular flexibility index (Phi) is 3.84. The molecule has 0 atom stereocenters. The SMILES string of the molecule is COc1ccc2nc(CCCl)n(Cc3cncs3)c2n1. The van der Waals surface area contributed by atoms with Gasteiger partial charge in [0, 0.05) is 29.4 Å². The Morgan fingerprint density at radius 2 is 2.25 bits per heavy atom. The highest BCUT2D eigenvalue weighted by Crippen LogP contribution is 2.21. The summed E-state index contributed by atoms with van der Waals surface area (Å²) in [6.45, 7) is 0.702. The number of methoxy groups -OCH3 is 1. The Hall–Kier alpha value is -1.66. The molecule has 0 N–H and O–H groups in total. The van der Waals surface area contributed by atoms with E-state index in [-0.39, 0.29) is 0 Å². The van der Waals surface area contributed by atoms with E-state index >= 15 is 0 Å². The van der Waals surface area contributed by atoms with E-state index in [0.717, 1.165) is 21.9 Å². The fourth-order valence-corrected chi connectivity index (χ4v) is 2.81. The number of thiazole rings is 1. The number of imidazole rings is 1. The average Bonchev–Trinajstić information content (AvgIpc) is 3.08. The lowest BCUT2D eigenvalue weighted by molar-refractivity contribution is 0.399. The normalized spacial score (nSPS) is 11.1. The van der Waals surface area contributed by atoms with E-state index in [1.807, 2.05) is 23.8 Å². The summed E-state index contributed by atoms with van der Waals surface area (Å²) >= 11 is 7.48. The lowest BCUT2D eigenvalue weighted by Gasteiger charge is -2.06. The molecular weight excluding hydrogens is 296 g/mol. The Balaban J connectivity index is 2.11. The fraction of sp³-hybridized carbons (Fsp3) is 0.308. The van der Waals surface area contributed by atoms with Gasteiger partial charge in [-0.2, -0.15) is 4.98 Å². The largest absolute Gasteiger partial charge is 0.481 e. The van der Waals surface area contributed by atoms with Gasteiger partial charge in [-0.05, 0) is 6.07 Å². The molecule has 0 aromatic carbocycles. The third kappa shape index (κ3) is 2.48. The van der Waals surface area contributed by atoms with Crippen molar-refractivity contribution in [2.45, 2.75) is 13.0 Å². The van der Waals surface area contributed by atoms with E-state index in [2.05, 4.69) is 19.5 Å². The van der Waals surface area contributed by atoms with Crippen LogP contribution in [0.25, 0.3) is 11.2 Å². The van der Waals surface area contributed by atoms with E-state index in [0.29, 0.717) is 24.7 Å². The molecule has 0 spiro atoms. The van der Waals surface area contributed by atoms with Gasteiger partial charge in [0.25, 0.3) is 0 Å². The van der Waals surface area contributed by atoms with Crippen LogP contribution in [0.2, 0.25) is 0 Å². The molecule has 3 rings (SSSR count). The van der Waals surface area contributed by atoms with Crippen LogP contribution in [0.4, 0.5) is 0 Å². The van der Waals surface area contributed by atoms with Crippen molar-refractivity contribution in [3.05, 3.63) is 34.5 Å². The molecule has 5 nitrogen and oxygen atoms in total. The molecule has 0 aliphatic rings. The summed E-state index contributed by atoms with van der Waals surface area (Å²) in [7, 11) is 1.61. The molecule has 0 bridgehead atoms. The predicted molar refractivity (Wildman–Crippen MR) is 79.7 cm³/mol. The smallest absolute Gasteiger partial charge is 0.215 e. The summed E-state index contributed by atoms with van der Waals surface area (Å²) in [5.74, 6) is 2.05. The minimum atomic E-state index is 0.531. The number of hydrogen-bond acceptors (Lipinski definition) is 5. The zero-order valence-electron chi connectivity index (χ0n) is 10.9. The summed E-state index contributed by atoms with van der Waals surface area (Å²) in [6, 6.07) is 3.74. The van der Waals surface area contributed by atoms with Crippen molar-refractivity contribution in [3.8, 4) is 5.88 Å². The quantitative estimate of drug-likeness (QED) is 0.680. The second kappa shape index (κ2) is 5.76. The number of nitrogens with zero attached hydrogens (tertiary/aromatic N) is 4. The number of alkyl halides is 1. The molecule has 7 heteroatoms. The first-order chi connectivity index (χ1) is 9.81. The fourth-order valence-electron chi connectivity index (χ4n) is 2.06. The second-order valence-corrected chi connectivity index (χ2v) is 5.57. The Labute approximate surface area is 125 Å². The van der Waals surface area contributed by atoms with Crippen molar-refractivity contribution in [1.29, 1.82) is 0 Å². The monoisotopic (exact) mass is 308 g/mol. The number of halogens is 1. The molecule has 0 aliphatic heterocycles. The maximum atomic E-state index is 5.87. The van der Waals surface area contributed by atoms with Crippen molar-refractivity contribution >= 4 is 34.1 Å². The minimum absolute atomic E-state index is 0.531. The maximum absolute atomic E-state index is 5.87. The summed E-state index contributed by atoms with van der Waals surface area (Å²) in [4.78, 5) is 14.4. The van der Waals surface area contributed by atoms with Crippen LogP contribution >= 0.6 is 22.9 Å². The van der Waals surface area contributed by atoms with Crippen LogP contribution in [0, 0.1) is 0 Å². The van der Waals surface area contributed by atoms with Crippen LogP contribution < -0.4 is 4.74 Å². The third-order valence-electron chi connectivity index (χ3n) is 2.97. The Morgan fingerprint density at radius 3 is 2.95 bits per heavy atom. The van der Waals surface area contributed by atoms with Gasteiger partial charge in [0.15, 0.2) is 5.65 Å². The Bertz CT molecular complexity index is 711. The predicted octanol–water partition coefficient (Wildman–Crippen LogP) is 2.73. The first-order valence-corrected chi connectivity index (χ1v) is 7.56. The lowest BCUT2D eigenvalue weighted by atomic mass is 10.4. The zero-order chi connectivity index (χ0) is 13.9. The maximum Gasteiger partial charge on any atom is 0.215 e. The molecule has 20 heavy (non-hydrogen) atoms. The highest BCUT2D eigenvalue weighted by molar-refractivity contribution is 7.09. The number of pyridine rings is 1. The number of aryl methyl sites for hydroxylation is 1. The number of aromatic nitrogens is 4. The van der Waals surface area contributed by atoms with E-state index in [9.17, 15) is 0 Å². The van der Waals surface area contributed by atoms with E-state index in [4.69, 9.17) is 16.3 Å². The van der Waals surface area contributed by atoms with Crippen molar-refractivity contribution in [1.82, 2.24) is 19.5 Å². The van der Waals surface area contributed by atoms with Crippen LogP contribution in [0.1, 0.15) is 10.7 Å². The third-order valence-corrected chi connectivity index (χ3v) is 3.92. The van der Waals surface area contributed by atoms with E-state index in [1.54, 1.807) is 18.4 Å². The van der Waals surface area contributed by atoms with Gasteiger partial charge in [-0.1, -0.05) is 0 Å². The number of hydrogen-bond donors (Lipinski definition) is 0. The first kappa shape index (κ1) is 13.3. The van der Waals surface area contributed by atoms with E-state index < -0.39 is 0 Å². The van der Waals surface area contributed by atoms with Gasteiger partial charge >= 0.3 is 0 Å². The van der Waals surface area contributed by atoms with Crippen LogP contribution in [0.3, 0.4) is 0 Å². The molecular formula is C13H13ClN4OS. The van der Waals surface area contributed by atoms with Crippen molar-refractivity contribution < 1.29 is 4.74 Å². The van der Waals surface area contributed by atoms with Crippen molar-refractivity contribution in [3.63, 3.8) is 0 Å². The molecule has 0 unspecified atom stereocenters. The number of ether oxygens (including phenoxy) is 1. The molecule has 3 aromatic heterocycles.